The lowest BCUT2D eigenvalue weighted by atomic mass is 10.1. The molecule has 19 heavy (non-hydrogen) atoms. The van der Waals surface area contributed by atoms with Gasteiger partial charge in [0.05, 0.1) is 22.3 Å². The van der Waals surface area contributed by atoms with E-state index in [-0.39, 0.29) is 11.9 Å². The third-order valence-electron chi connectivity index (χ3n) is 3.02. The lowest BCUT2D eigenvalue weighted by Gasteiger charge is -2.28. The molecule has 2 aromatic rings. The van der Waals surface area contributed by atoms with Gasteiger partial charge in [-0.25, -0.2) is 4.39 Å². The summed E-state index contributed by atoms with van der Waals surface area (Å²) >= 11 is 12.2. The average molecular weight is 298 g/mol. The zero-order valence-corrected chi connectivity index (χ0v) is 11.3. The summed E-state index contributed by atoms with van der Waals surface area (Å²) in [6.07, 6.45) is -0.291. The first-order valence-electron chi connectivity index (χ1n) is 5.79. The van der Waals surface area contributed by atoms with Crippen molar-refractivity contribution in [3.8, 4) is 5.75 Å². The normalized spacial score (nSPS) is 17.3. The molecule has 0 aromatic heterocycles. The zero-order valence-electron chi connectivity index (χ0n) is 9.79. The molecule has 1 atom stereocenters. The number of hydrogen-bond donors (Lipinski definition) is 1. The molecule has 1 N–H and O–H groups in total. The second-order valence-corrected chi connectivity index (χ2v) is 5.06. The first-order valence-corrected chi connectivity index (χ1v) is 6.55. The number of halogens is 3. The van der Waals surface area contributed by atoms with E-state index < -0.39 is 0 Å². The van der Waals surface area contributed by atoms with E-state index in [9.17, 15) is 4.39 Å². The molecule has 1 aliphatic rings. The van der Waals surface area contributed by atoms with Crippen molar-refractivity contribution in [3.05, 3.63) is 57.8 Å². The van der Waals surface area contributed by atoms with Crippen molar-refractivity contribution in [2.75, 3.05) is 11.9 Å². The van der Waals surface area contributed by atoms with Crippen LogP contribution in [0, 0.1) is 5.82 Å². The van der Waals surface area contributed by atoms with Gasteiger partial charge in [-0.15, -0.1) is 0 Å². The maximum Gasteiger partial charge on any atom is 0.146 e. The van der Waals surface area contributed by atoms with Gasteiger partial charge in [-0.05, 0) is 18.2 Å². The summed E-state index contributed by atoms with van der Waals surface area (Å²) in [7, 11) is 0. The Kier molecular flexibility index (Phi) is 3.25. The van der Waals surface area contributed by atoms with Gasteiger partial charge < -0.3 is 10.1 Å². The van der Waals surface area contributed by atoms with Crippen LogP contribution in [0.3, 0.4) is 0 Å². The monoisotopic (exact) mass is 297 g/mol. The quantitative estimate of drug-likeness (QED) is 0.825. The molecule has 0 fully saturated rings. The number of hydrogen-bond acceptors (Lipinski definition) is 2. The summed E-state index contributed by atoms with van der Waals surface area (Å²) in [6, 6.07) is 9.78. The molecular weight excluding hydrogens is 288 g/mol. The Bertz CT molecular complexity index is 633. The highest BCUT2D eigenvalue weighted by molar-refractivity contribution is 6.42. The molecule has 2 aromatic carbocycles. The van der Waals surface area contributed by atoms with Gasteiger partial charge >= 0.3 is 0 Å². The second kappa shape index (κ2) is 4.91. The summed E-state index contributed by atoms with van der Waals surface area (Å²) in [5, 5.41) is 4.14. The van der Waals surface area contributed by atoms with E-state index in [1.165, 1.54) is 12.1 Å². The predicted molar refractivity (Wildman–Crippen MR) is 74.7 cm³/mol. The fourth-order valence-corrected chi connectivity index (χ4v) is 2.51. The third kappa shape index (κ3) is 2.36. The van der Waals surface area contributed by atoms with Crippen molar-refractivity contribution in [2.24, 2.45) is 0 Å². The standard InChI is InChI=1S/C14H10Cl2FNO/c15-10-3-1-2-9(14(10)16)13-7-18-11-5-4-8(17)6-12(11)19-13/h1-6,13,18H,7H2. The Morgan fingerprint density at radius 1 is 1.21 bits per heavy atom. The van der Waals surface area contributed by atoms with Crippen molar-refractivity contribution < 1.29 is 9.13 Å². The van der Waals surface area contributed by atoms with Crippen molar-refractivity contribution in [3.63, 3.8) is 0 Å². The van der Waals surface area contributed by atoms with Gasteiger partial charge in [0.2, 0.25) is 0 Å². The third-order valence-corrected chi connectivity index (χ3v) is 3.85. The largest absolute Gasteiger partial charge is 0.482 e. The number of rotatable bonds is 1. The molecule has 1 heterocycles. The van der Waals surface area contributed by atoms with Crippen LogP contribution in [0.4, 0.5) is 10.1 Å². The topological polar surface area (TPSA) is 21.3 Å². The molecule has 0 saturated heterocycles. The van der Waals surface area contributed by atoms with Crippen molar-refractivity contribution in [1.29, 1.82) is 0 Å². The molecule has 1 aliphatic heterocycles. The van der Waals surface area contributed by atoms with E-state index >= 15 is 0 Å². The van der Waals surface area contributed by atoms with E-state index in [0.717, 1.165) is 11.3 Å². The summed E-state index contributed by atoms with van der Waals surface area (Å²) < 4.78 is 19.0. The highest BCUT2D eigenvalue weighted by Gasteiger charge is 2.23. The molecule has 5 heteroatoms. The predicted octanol–water partition coefficient (Wildman–Crippen LogP) is 4.68. The SMILES string of the molecule is Fc1ccc2c(c1)OC(c1cccc(Cl)c1Cl)CN2. The van der Waals surface area contributed by atoms with Crippen molar-refractivity contribution in [2.45, 2.75) is 6.10 Å². The van der Waals surface area contributed by atoms with Crippen LogP contribution in [0.15, 0.2) is 36.4 Å². The molecule has 3 rings (SSSR count). The number of anilines is 1. The summed E-state index contributed by atoms with van der Waals surface area (Å²) in [5.41, 5.74) is 1.56. The maximum absolute atomic E-state index is 13.2. The minimum absolute atomic E-state index is 0.291. The van der Waals surface area contributed by atoms with Crippen LogP contribution in [-0.2, 0) is 0 Å². The van der Waals surface area contributed by atoms with Crippen LogP contribution in [-0.4, -0.2) is 6.54 Å². The number of nitrogens with one attached hydrogen (secondary N) is 1. The van der Waals surface area contributed by atoms with E-state index in [4.69, 9.17) is 27.9 Å². The number of ether oxygens (including phenoxy) is 1. The molecule has 0 amide bonds. The second-order valence-electron chi connectivity index (χ2n) is 4.27. The van der Waals surface area contributed by atoms with Crippen molar-refractivity contribution >= 4 is 28.9 Å². The van der Waals surface area contributed by atoms with Crippen LogP contribution in [0.25, 0.3) is 0 Å². The molecular formula is C14H10Cl2FNO. The Balaban J connectivity index is 1.95. The van der Waals surface area contributed by atoms with Crippen molar-refractivity contribution in [1.82, 2.24) is 0 Å². The Morgan fingerprint density at radius 3 is 2.89 bits per heavy atom. The van der Waals surface area contributed by atoms with Crippen LogP contribution in [0.2, 0.25) is 10.0 Å². The molecule has 0 spiro atoms. The molecule has 0 bridgehead atoms. The van der Waals surface area contributed by atoms with Crippen LogP contribution < -0.4 is 10.1 Å². The highest BCUT2D eigenvalue weighted by atomic mass is 35.5. The minimum Gasteiger partial charge on any atom is -0.482 e. The summed E-state index contributed by atoms with van der Waals surface area (Å²) in [4.78, 5) is 0. The van der Waals surface area contributed by atoms with E-state index in [1.54, 1.807) is 12.1 Å². The maximum atomic E-state index is 13.2. The van der Waals surface area contributed by atoms with Gasteiger partial charge in [0.1, 0.15) is 17.7 Å². The lowest BCUT2D eigenvalue weighted by molar-refractivity contribution is 0.209. The smallest absolute Gasteiger partial charge is 0.146 e. The van der Waals surface area contributed by atoms with Gasteiger partial charge in [-0.3, -0.25) is 0 Å². The van der Waals surface area contributed by atoms with Gasteiger partial charge in [0, 0.05) is 11.6 Å². The zero-order chi connectivity index (χ0) is 13.4. The van der Waals surface area contributed by atoms with Gasteiger partial charge in [-0.1, -0.05) is 35.3 Å². The molecule has 0 saturated carbocycles. The molecule has 98 valence electrons. The summed E-state index contributed by atoms with van der Waals surface area (Å²) in [6.45, 7) is 0.554. The fourth-order valence-electron chi connectivity index (χ4n) is 2.08. The van der Waals surface area contributed by atoms with Crippen LogP contribution in [0.1, 0.15) is 11.7 Å². The Hall–Kier alpha value is -1.45. The van der Waals surface area contributed by atoms with E-state index in [0.29, 0.717) is 22.3 Å². The minimum atomic E-state index is -0.335. The fraction of sp³-hybridized carbons (Fsp3) is 0.143. The first kappa shape index (κ1) is 12.6. The van der Waals surface area contributed by atoms with Gasteiger partial charge in [0.15, 0.2) is 0 Å². The number of fused-ring (bicyclic) bond motifs is 1. The highest BCUT2D eigenvalue weighted by Crippen LogP contribution is 2.38. The average Bonchev–Trinajstić information content (AvgIpc) is 2.41. The Morgan fingerprint density at radius 2 is 2.05 bits per heavy atom. The van der Waals surface area contributed by atoms with Gasteiger partial charge in [0.25, 0.3) is 0 Å². The summed E-state index contributed by atoms with van der Waals surface area (Å²) in [5.74, 6) is 0.144. The van der Waals surface area contributed by atoms with Crippen LogP contribution >= 0.6 is 23.2 Å². The molecule has 1 unspecified atom stereocenters. The molecule has 0 aliphatic carbocycles. The van der Waals surface area contributed by atoms with E-state index in [1.807, 2.05) is 12.1 Å². The van der Waals surface area contributed by atoms with Crippen LogP contribution in [0.5, 0.6) is 5.75 Å². The van der Waals surface area contributed by atoms with Gasteiger partial charge in [-0.2, -0.15) is 0 Å². The lowest BCUT2D eigenvalue weighted by Crippen LogP contribution is -2.24. The first-order chi connectivity index (χ1) is 9.15. The Labute approximate surface area is 120 Å². The van der Waals surface area contributed by atoms with E-state index in [2.05, 4.69) is 5.32 Å². The number of benzene rings is 2. The molecule has 0 radical (unpaired) electrons. The molecule has 2 nitrogen and oxygen atoms in total.